The second-order valence-electron chi connectivity index (χ2n) is 2.75. The zero-order chi connectivity index (χ0) is 11.1. The maximum absolute atomic E-state index is 11.3. The van der Waals surface area contributed by atoms with Crippen LogP contribution in [0.2, 0.25) is 0 Å². The number of aliphatic hydroxyl groups is 1. The summed E-state index contributed by atoms with van der Waals surface area (Å²) in [4.78, 5) is 15.4. The van der Waals surface area contributed by atoms with Crippen LogP contribution in [0.1, 0.15) is 23.1 Å². The van der Waals surface area contributed by atoms with Crippen molar-refractivity contribution in [1.29, 1.82) is 0 Å². The standard InChI is InChI=1S/C11H13NO3/c1-2-15-11(14)10-7-3-5-9(12-10)6-4-8-13/h3-7,13H,2,8H2,1H3. The summed E-state index contributed by atoms with van der Waals surface area (Å²) in [5, 5.41) is 8.58. The van der Waals surface area contributed by atoms with E-state index in [1.54, 1.807) is 37.3 Å². The number of aliphatic hydroxyl groups excluding tert-OH is 1. The average Bonchev–Trinajstić information content (AvgIpc) is 2.27. The highest BCUT2D eigenvalue weighted by molar-refractivity contribution is 5.87. The maximum Gasteiger partial charge on any atom is 0.356 e. The van der Waals surface area contributed by atoms with Gasteiger partial charge in [0.2, 0.25) is 0 Å². The topological polar surface area (TPSA) is 59.4 Å². The van der Waals surface area contributed by atoms with E-state index in [1.165, 1.54) is 0 Å². The van der Waals surface area contributed by atoms with Crippen molar-refractivity contribution in [1.82, 2.24) is 4.98 Å². The van der Waals surface area contributed by atoms with Crippen molar-refractivity contribution in [2.45, 2.75) is 6.92 Å². The molecule has 80 valence electrons. The van der Waals surface area contributed by atoms with E-state index in [0.29, 0.717) is 12.3 Å². The van der Waals surface area contributed by atoms with Crippen molar-refractivity contribution in [2.24, 2.45) is 0 Å². The van der Waals surface area contributed by atoms with E-state index >= 15 is 0 Å². The molecule has 1 heterocycles. The molecule has 1 aromatic heterocycles. The zero-order valence-corrected chi connectivity index (χ0v) is 8.51. The number of hydrogen-bond acceptors (Lipinski definition) is 4. The Balaban J connectivity index is 2.82. The number of carbonyl (C=O) groups excluding carboxylic acids is 1. The molecule has 15 heavy (non-hydrogen) atoms. The molecule has 1 rings (SSSR count). The fourth-order valence-electron chi connectivity index (χ4n) is 1.04. The summed E-state index contributed by atoms with van der Waals surface area (Å²) >= 11 is 0. The highest BCUT2D eigenvalue weighted by Gasteiger charge is 2.07. The normalized spacial score (nSPS) is 10.5. The van der Waals surface area contributed by atoms with E-state index in [-0.39, 0.29) is 12.3 Å². The second-order valence-corrected chi connectivity index (χ2v) is 2.75. The van der Waals surface area contributed by atoms with Crippen LogP contribution in [0.5, 0.6) is 0 Å². The number of hydrogen-bond donors (Lipinski definition) is 1. The third kappa shape index (κ3) is 3.52. The molecule has 0 saturated heterocycles. The van der Waals surface area contributed by atoms with Gasteiger partial charge in [-0.15, -0.1) is 0 Å². The Hall–Kier alpha value is -1.68. The molecule has 0 spiro atoms. The molecule has 4 heteroatoms. The minimum Gasteiger partial charge on any atom is -0.461 e. The largest absolute Gasteiger partial charge is 0.461 e. The molecular weight excluding hydrogens is 194 g/mol. The van der Waals surface area contributed by atoms with Crippen LogP contribution >= 0.6 is 0 Å². The molecule has 0 amide bonds. The Labute approximate surface area is 88.2 Å². The van der Waals surface area contributed by atoms with Crippen LogP contribution in [0.4, 0.5) is 0 Å². The fraction of sp³-hybridized carbons (Fsp3) is 0.273. The summed E-state index contributed by atoms with van der Waals surface area (Å²) in [5.74, 6) is -0.434. The Morgan fingerprint density at radius 2 is 2.40 bits per heavy atom. The molecule has 0 radical (unpaired) electrons. The molecule has 0 atom stereocenters. The molecular formula is C11H13NO3. The quantitative estimate of drug-likeness (QED) is 0.755. The summed E-state index contributed by atoms with van der Waals surface area (Å²) in [6.45, 7) is 2.02. The molecule has 0 bridgehead atoms. The monoisotopic (exact) mass is 207 g/mol. The molecule has 0 unspecified atom stereocenters. The summed E-state index contributed by atoms with van der Waals surface area (Å²) < 4.78 is 4.81. The Bertz CT molecular complexity index is 361. The number of esters is 1. The number of aromatic nitrogens is 1. The first kappa shape index (κ1) is 11.4. The minimum atomic E-state index is -0.434. The lowest BCUT2D eigenvalue weighted by Crippen LogP contribution is -2.07. The van der Waals surface area contributed by atoms with E-state index in [2.05, 4.69) is 4.98 Å². The van der Waals surface area contributed by atoms with Crippen LogP contribution in [-0.2, 0) is 4.74 Å². The summed E-state index contributed by atoms with van der Waals surface area (Å²) in [5.41, 5.74) is 0.895. The van der Waals surface area contributed by atoms with Gasteiger partial charge in [0.1, 0.15) is 5.69 Å². The lowest BCUT2D eigenvalue weighted by Gasteiger charge is -2.01. The van der Waals surface area contributed by atoms with Gasteiger partial charge in [0.25, 0.3) is 0 Å². The summed E-state index contributed by atoms with van der Waals surface area (Å²) in [7, 11) is 0. The first-order valence-electron chi connectivity index (χ1n) is 4.69. The van der Waals surface area contributed by atoms with Gasteiger partial charge in [-0.25, -0.2) is 9.78 Å². The van der Waals surface area contributed by atoms with Crippen molar-refractivity contribution in [2.75, 3.05) is 13.2 Å². The van der Waals surface area contributed by atoms with Gasteiger partial charge >= 0.3 is 5.97 Å². The smallest absolute Gasteiger partial charge is 0.356 e. The number of pyridine rings is 1. The average molecular weight is 207 g/mol. The lowest BCUT2D eigenvalue weighted by molar-refractivity contribution is 0.0519. The summed E-state index contributed by atoms with van der Waals surface area (Å²) in [6, 6.07) is 5.06. The van der Waals surface area contributed by atoms with E-state index in [9.17, 15) is 4.79 Å². The van der Waals surface area contributed by atoms with Crippen LogP contribution in [0.3, 0.4) is 0 Å². The van der Waals surface area contributed by atoms with E-state index < -0.39 is 5.97 Å². The van der Waals surface area contributed by atoms with Crippen molar-refractivity contribution in [3.63, 3.8) is 0 Å². The lowest BCUT2D eigenvalue weighted by atomic mass is 10.3. The van der Waals surface area contributed by atoms with Crippen LogP contribution in [0, 0.1) is 0 Å². The van der Waals surface area contributed by atoms with Gasteiger partial charge in [-0.3, -0.25) is 0 Å². The van der Waals surface area contributed by atoms with Gasteiger partial charge in [-0.1, -0.05) is 12.1 Å². The highest BCUT2D eigenvalue weighted by atomic mass is 16.5. The van der Waals surface area contributed by atoms with Crippen LogP contribution in [0.15, 0.2) is 24.3 Å². The molecule has 0 aliphatic rings. The van der Waals surface area contributed by atoms with Crippen molar-refractivity contribution >= 4 is 12.0 Å². The molecule has 4 nitrogen and oxygen atoms in total. The first-order chi connectivity index (χ1) is 7.27. The van der Waals surface area contributed by atoms with Gasteiger partial charge < -0.3 is 9.84 Å². The third-order valence-electron chi connectivity index (χ3n) is 1.65. The predicted octanol–water partition coefficient (Wildman–Crippen LogP) is 1.26. The Morgan fingerprint density at radius 3 is 3.07 bits per heavy atom. The summed E-state index contributed by atoms with van der Waals surface area (Å²) in [6.07, 6.45) is 3.19. The number of nitrogens with zero attached hydrogens (tertiary/aromatic N) is 1. The van der Waals surface area contributed by atoms with Gasteiger partial charge in [0.05, 0.1) is 18.9 Å². The Kier molecular flexibility index (Phi) is 4.50. The number of ether oxygens (including phenoxy) is 1. The fourth-order valence-corrected chi connectivity index (χ4v) is 1.04. The highest BCUT2D eigenvalue weighted by Crippen LogP contribution is 2.03. The van der Waals surface area contributed by atoms with Crippen molar-refractivity contribution in [3.05, 3.63) is 35.7 Å². The molecule has 1 N–H and O–H groups in total. The third-order valence-corrected chi connectivity index (χ3v) is 1.65. The zero-order valence-electron chi connectivity index (χ0n) is 8.51. The first-order valence-corrected chi connectivity index (χ1v) is 4.69. The number of rotatable bonds is 4. The van der Waals surface area contributed by atoms with Gasteiger partial charge in [-0.05, 0) is 25.1 Å². The Morgan fingerprint density at radius 1 is 1.60 bits per heavy atom. The molecule has 0 aromatic carbocycles. The molecule has 0 aliphatic heterocycles. The number of carbonyl (C=O) groups is 1. The predicted molar refractivity (Wildman–Crippen MR) is 56.3 cm³/mol. The van der Waals surface area contributed by atoms with Crippen LogP contribution < -0.4 is 0 Å². The van der Waals surface area contributed by atoms with Crippen LogP contribution in [0.25, 0.3) is 6.08 Å². The SMILES string of the molecule is CCOC(=O)c1cccc(C=CCO)n1. The second kappa shape index (κ2) is 5.93. The van der Waals surface area contributed by atoms with Gasteiger partial charge in [0, 0.05) is 0 Å². The minimum absolute atomic E-state index is 0.0503. The van der Waals surface area contributed by atoms with E-state index in [4.69, 9.17) is 9.84 Å². The molecule has 0 aliphatic carbocycles. The van der Waals surface area contributed by atoms with Crippen molar-refractivity contribution < 1.29 is 14.6 Å². The van der Waals surface area contributed by atoms with Gasteiger partial charge in [0.15, 0.2) is 0 Å². The molecule has 0 fully saturated rings. The molecule has 0 saturated carbocycles. The van der Waals surface area contributed by atoms with Gasteiger partial charge in [-0.2, -0.15) is 0 Å². The maximum atomic E-state index is 11.3. The van der Waals surface area contributed by atoms with Crippen molar-refractivity contribution in [3.8, 4) is 0 Å². The van der Waals surface area contributed by atoms with Crippen LogP contribution in [-0.4, -0.2) is 29.3 Å². The molecule has 1 aromatic rings. The van der Waals surface area contributed by atoms with E-state index in [1.807, 2.05) is 0 Å². The van der Waals surface area contributed by atoms with E-state index in [0.717, 1.165) is 0 Å².